The van der Waals surface area contributed by atoms with Gasteiger partial charge in [-0.1, -0.05) is 0 Å². The molecule has 5 saturated heterocycles. The van der Waals surface area contributed by atoms with Crippen molar-refractivity contribution in [3.05, 3.63) is 12.3 Å². The molecule has 0 unspecified atom stereocenters. The Kier molecular flexibility index (Phi) is 18.0. The summed E-state index contributed by atoms with van der Waals surface area (Å²) < 4.78 is 62.3. The smallest absolute Gasteiger partial charge is 0.187 e. The summed E-state index contributed by atoms with van der Waals surface area (Å²) in [6, 6.07) is -1.70. The molecule has 0 aromatic heterocycles. The van der Waals surface area contributed by atoms with E-state index in [0.717, 1.165) is 6.26 Å². The summed E-state index contributed by atoms with van der Waals surface area (Å²) in [5.41, 5.74) is 6.48. The van der Waals surface area contributed by atoms with Crippen LogP contribution in [0.3, 0.4) is 0 Å². The Morgan fingerprint density at radius 2 is 0.828 bits per heavy atom. The molecule has 0 amide bonds. The number of nitrogens with two attached hydrogens (primary N) is 1. The fraction of sp³-hybridized carbons (Fsp3) is 0.944. The summed E-state index contributed by atoms with van der Waals surface area (Å²) in [4.78, 5) is 0. The molecule has 6 rings (SSSR count). The monoisotopic (exact) mass is 939 g/mol. The quantitative estimate of drug-likeness (QED) is 0.0725. The number of rotatable bonds is 15. The molecule has 0 aromatic rings. The van der Waals surface area contributed by atoms with Crippen molar-refractivity contribution in [2.24, 2.45) is 5.73 Å². The molecule has 6 aliphatic rings. The van der Waals surface area contributed by atoms with Crippen LogP contribution in [0, 0.1) is 0 Å². The van der Waals surface area contributed by atoms with Gasteiger partial charge in [-0.15, -0.1) is 0 Å². The molecular formula is C36H61NO27. The Balaban J connectivity index is 1.18. The zero-order valence-corrected chi connectivity index (χ0v) is 34.1. The first kappa shape index (κ1) is 51.8. The summed E-state index contributed by atoms with van der Waals surface area (Å²) >= 11 is 0. The van der Waals surface area contributed by atoms with Gasteiger partial charge in [-0.05, 0) is 13.0 Å². The van der Waals surface area contributed by atoms with Crippen molar-refractivity contribution in [3.63, 3.8) is 0 Å². The minimum atomic E-state index is -2.10. The number of aliphatic hydroxyl groups excluding tert-OH is 16. The van der Waals surface area contributed by atoms with Gasteiger partial charge in [-0.25, -0.2) is 0 Å². The van der Waals surface area contributed by atoms with Crippen LogP contribution in [0.15, 0.2) is 12.3 Å². The average molecular weight is 940 g/mol. The Hall–Kier alpha value is -1.54. The molecule has 28 nitrogen and oxygen atoms in total. The second kappa shape index (κ2) is 22.3. The number of hydrogen-bond donors (Lipinski definition) is 17. The maximum Gasteiger partial charge on any atom is 0.187 e. The molecule has 6 heterocycles. The van der Waals surface area contributed by atoms with Gasteiger partial charge in [-0.3, -0.25) is 0 Å². The van der Waals surface area contributed by atoms with Crippen LogP contribution in [0.25, 0.3) is 0 Å². The molecule has 0 spiro atoms. The minimum Gasteiger partial charge on any atom is -0.493 e. The van der Waals surface area contributed by atoms with E-state index in [1.54, 1.807) is 0 Å². The first-order valence-electron chi connectivity index (χ1n) is 20.6. The van der Waals surface area contributed by atoms with Crippen molar-refractivity contribution in [3.8, 4) is 0 Å². The molecule has 28 atom stereocenters. The van der Waals surface area contributed by atoms with Crippen LogP contribution in [0.2, 0.25) is 0 Å². The van der Waals surface area contributed by atoms with Gasteiger partial charge in [0.1, 0.15) is 128 Å². The summed E-state index contributed by atoms with van der Waals surface area (Å²) in [5, 5.41) is 170. The van der Waals surface area contributed by atoms with Gasteiger partial charge in [0, 0.05) is 0 Å². The highest BCUT2D eigenvalue weighted by Gasteiger charge is 2.57. The largest absolute Gasteiger partial charge is 0.493 e. The van der Waals surface area contributed by atoms with Crippen molar-refractivity contribution in [1.29, 1.82) is 0 Å². The Bertz CT molecular complexity index is 1470. The fourth-order valence-corrected chi connectivity index (χ4v) is 8.20. The number of hydrogen-bond acceptors (Lipinski definition) is 28. The van der Waals surface area contributed by atoms with Crippen LogP contribution in [0.5, 0.6) is 0 Å². The molecule has 0 aliphatic carbocycles. The van der Waals surface area contributed by atoms with Crippen LogP contribution in [0.1, 0.15) is 6.92 Å². The van der Waals surface area contributed by atoms with Crippen LogP contribution in [-0.2, 0) is 52.1 Å². The maximum absolute atomic E-state index is 11.5. The lowest BCUT2D eigenvalue weighted by molar-refractivity contribution is -0.390. The van der Waals surface area contributed by atoms with Gasteiger partial charge in [0.05, 0.1) is 51.4 Å². The summed E-state index contributed by atoms with van der Waals surface area (Å²) in [6.45, 7) is -2.96. The van der Waals surface area contributed by atoms with E-state index in [2.05, 4.69) is 0 Å². The summed E-state index contributed by atoms with van der Waals surface area (Å²) in [7, 11) is 0. The second-order valence-electron chi connectivity index (χ2n) is 16.3. The van der Waals surface area contributed by atoms with E-state index in [0.29, 0.717) is 0 Å². The van der Waals surface area contributed by atoms with Crippen LogP contribution >= 0.6 is 0 Å². The first-order chi connectivity index (χ1) is 30.4. The third kappa shape index (κ3) is 10.5. The van der Waals surface area contributed by atoms with Gasteiger partial charge in [0.25, 0.3) is 0 Å². The van der Waals surface area contributed by atoms with Gasteiger partial charge < -0.3 is 140 Å². The van der Waals surface area contributed by atoms with Crippen molar-refractivity contribution in [2.75, 3.05) is 33.0 Å². The van der Waals surface area contributed by atoms with Gasteiger partial charge in [0.15, 0.2) is 31.5 Å². The van der Waals surface area contributed by atoms with E-state index in [9.17, 15) is 81.7 Å². The zero-order valence-electron chi connectivity index (χ0n) is 34.1. The standard InChI is InChI=1S/C36H61NO27/c1-9-17(44)21(48)24(51)33(55-9)64-31-22(49)18(45)11(4-38)58-36(31)62-29-16(37)32(56-12(5-39)19(29)46)63-30-20(47)13(6-40)57-35(26(30)53)61-28-15(8-42)59-34(25(52)23(28)50)60-27-10(43)2-3-54-14(27)7-41/h2-3,9-36,38-53H,4-8,37H2,1H3/t9-,10+,11+,12+,13+,14+,15+,16+,17+,18-,19-,20-,21+,22-,23+,24-,25+,26+,27-,28-,29+,30-,31+,32+,33-,34-,35+,36-/m0/s1. The SMILES string of the molecule is C[C@@H]1O[C@@H](O[C@H]2[C@H](O[C@@H]3[C@@H](N)[C@@H](O[C@H]4[C@@H](O)[C@@H](CO)O[C@H](O[C@@H]5[C@H](O)[C@@H](O)[C@H](O[C@H]6[C@H](O)C=CO[C@@H]6CO)O[C@@H]5CO)[C@@H]4O)O[C@H](CO)[C@@H]3O)O[C@H](CO)[C@H](O)[C@@H]2O)[C@@H](O)[C@H](O)[C@@H]1O. The highest BCUT2D eigenvalue weighted by atomic mass is 16.8. The van der Waals surface area contributed by atoms with Crippen molar-refractivity contribution in [1.82, 2.24) is 0 Å². The van der Waals surface area contributed by atoms with E-state index >= 15 is 0 Å². The lowest BCUT2D eigenvalue weighted by atomic mass is 9.94. The molecule has 0 saturated carbocycles. The highest BCUT2D eigenvalue weighted by Crippen LogP contribution is 2.36. The van der Waals surface area contributed by atoms with Gasteiger partial charge in [0.2, 0.25) is 0 Å². The first-order valence-corrected chi connectivity index (χ1v) is 20.6. The second-order valence-corrected chi connectivity index (χ2v) is 16.3. The normalized spacial score (nSPS) is 52.6. The van der Waals surface area contributed by atoms with E-state index in [1.165, 1.54) is 13.0 Å². The van der Waals surface area contributed by atoms with Crippen LogP contribution in [0.4, 0.5) is 0 Å². The molecule has 5 fully saturated rings. The van der Waals surface area contributed by atoms with E-state index in [-0.39, 0.29) is 0 Å². The molecule has 0 radical (unpaired) electrons. The van der Waals surface area contributed by atoms with Crippen LogP contribution < -0.4 is 5.73 Å². The van der Waals surface area contributed by atoms with Crippen molar-refractivity contribution >= 4 is 0 Å². The Morgan fingerprint density at radius 1 is 0.391 bits per heavy atom. The minimum absolute atomic E-state index is 0.623. The molecule has 28 heteroatoms. The maximum atomic E-state index is 11.5. The van der Waals surface area contributed by atoms with Gasteiger partial charge >= 0.3 is 0 Å². The molecule has 18 N–H and O–H groups in total. The number of aliphatic hydroxyl groups is 16. The molecular weight excluding hydrogens is 878 g/mol. The predicted octanol–water partition coefficient (Wildman–Crippen LogP) is -11.3. The zero-order chi connectivity index (χ0) is 46.9. The lowest BCUT2D eigenvalue weighted by Crippen LogP contribution is -2.69. The topological polar surface area (TPSA) is 451 Å². The predicted molar refractivity (Wildman–Crippen MR) is 197 cm³/mol. The number of ether oxygens (including phenoxy) is 11. The highest BCUT2D eigenvalue weighted by molar-refractivity contribution is 5.01. The van der Waals surface area contributed by atoms with Crippen molar-refractivity contribution in [2.45, 2.75) is 179 Å². The lowest BCUT2D eigenvalue weighted by Gasteiger charge is -2.50. The van der Waals surface area contributed by atoms with Crippen LogP contribution in [-0.4, -0.2) is 287 Å². The van der Waals surface area contributed by atoms with E-state index < -0.39 is 205 Å². The Labute approximate surface area is 363 Å². The summed E-state index contributed by atoms with van der Waals surface area (Å²) in [6.07, 6.45) is -44.3. The molecule has 6 aliphatic heterocycles. The van der Waals surface area contributed by atoms with E-state index in [1.807, 2.05) is 0 Å². The summed E-state index contributed by atoms with van der Waals surface area (Å²) in [5.74, 6) is 0. The van der Waals surface area contributed by atoms with Crippen molar-refractivity contribution < 1.29 is 134 Å². The molecule has 64 heavy (non-hydrogen) atoms. The molecule has 0 bridgehead atoms. The molecule has 0 aromatic carbocycles. The van der Waals surface area contributed by atoms with Gasteiger partial charge in [-0.2, -0.15) is 0 Å². The molecule has 372 valence electrons. The average Bonchev–Trinajstić information content (AvgIpc) is 3.28. The van der Waals surface area contributed by atoms with E-state index in [4.69, 9.17) is 57.8 Å². The fourth-order valence-electron chi connectivity index (χ4n) is 8.20. The third-order valence-corrected chi connectivity index (χ3v) is 12.0. The third-order valence-electron chi connectivity index (χ3n) is 12.0. The Morgan fingerprint density at radius 3 is 1.45 bits per heavy atom.